The second-order valence-corrected chi connectivity index (χ2v) is 7.36. The van der Waals surface area contributed by atoms with E-state index >= 15 is 0 Å². The molecule has 10 heteroatoms. The summed E-state index contributed by atoms with van der Waals surface area (Å²) in [5.74, 6) is 0.944. The Morgan fingerprint density at radius 3 is 2.31 bits per heavy atom. The highest BCUT2D eigenvalue weighted by Gasteiger charge is 2.29. The molecule has 1 aromatic carbocycles. The van der Waals surface area contributed by atoms with Crippen LogP contribution >= 0.6 is 0 Å². The van der Waals surface area contributed by atoms with Crippen LogP contribution in [-0.2, 0) is 0 Å². The number of alkyl halides is 3. The number of ether oxygens (including phenoxy) is 1. The quantitative estimate of drug-likeness (QED) is 0.591. The molecular weight excluding hydrogens is 425 g/mol. The highest BCUT2D eigenvalue weighted by atomic mass is 19.4. The fourth-order valence-corrected chi connectivity index (χ4v) is 3.43. The number of benzene rings is 1. The Bertz CT molecular complexity index is 1060. The van der Waals surface area contributed by atoms with Crippen LogP contribution in [0.3, 0.4) is 0 Å². The Balaban J connectivity index is 1.31. The molecule has 1 aliphatic heterocycles. The largest absolute Gasteiger partial charge is 0.468 e. The number of rotatable bonds is 5. The Hall–Kier alpha value is -3.56. The molecule has 1 aliphatic rings. The smallest absolute Gasteiger partial charge is 0.422 e. The number of nitrogens with zero attached hydrogens (tertiary/aromatic N) is 4. The van der Waals surface area contributed by atoms with E-state index in [4.69, 9.17) is 4.42 Å². The Morgan fingerprint density at radius 2 is 1.75 bits per heavy atom. The lowest BCUT2D eigenvalue weighted by Crippen LogP contribution is -2.48. The van der Waals surface area contributed by atoms with Crippen LogP contribution in [0.5, 0.6) is 5.88 Å². The standard InChI is InChI=1S/C22H21F3N4O3/c1-15-26-13-19(32-15)16-2-5-18(6-3-16)28-8-10-29(11-9-28)21(30)17-4-7-20(27-12-17)31-14-22(23,24)25/h2-7,12-13H,8-11,14H2,1H3. The van der Waals surface area contributed by atoms with E-state index in [9.17, 15) is 18.0 Å². The molecule has 1 amide bonds. The molecule has 4 rings (SSSR count). The van der Waals surface area contributed by atoms with E-state index in [1.165, 1.54) is 18.3 Å². The van der Waals surface area contributed by atoms with Gasteiger partial charge in [-0.05, 0) is 30.3 Å². The molecular formula is C22H21F3N4O3. The molecule has 32 heavy (non-hydrogen) atoms. The number of amides is 1. The number of hydrogen-bond donors (Lipinski definition) is 0. The second-order valence-electron chi connectivity index (χ2n) is 7.36. The van der Waals surface area contributed by atoms with Gasteiger partial charge in [-0.25, -0.2) is 9.97 Å². The molecule has 0 bridgehead atoms. The first-order valence-corrected chi connectivity index (χ1v) is 10.0. The van der Waals surface area contributed by atoms with E-state index in [0.717, 1.165) is 11.3 Å². The van der Waals surface area contributed by atoms with E-state index in [1.54, 1.807) is 18.0 Å². The zero-order chi connectivity index (χ0) is 22.7. The number of hydrogen-bond acceptors (Lipinski definition) is 6. The van der Waals surface area contributed by atoms with Gasteiger partial charge in [0.1, 0.15) is 0 Å². The van der Waals surface area contributed by atoms with E-state index in [1.807, 2.05) is 24.3 Å². The predicted octanol–water partition coefficient (Wildman–Crippen LogP) is 3.95. The van der Waals surface area contributed by atoms with Gasteiger partial charge in [0, 0.05) is 56.6 Å². The van der Waals surface area contributed by atoms with Gasteiger partial charge in [-0.2, -0.15) is 13.2 Å². The summed E-state index contributed by atoms with van der Waals surface area (Å²) in [5, 5.41) is 0. The maximum Gasteiger partial charge on any atom is 0.422 e. The highest BCUT2D eigenvalue weighted by Crippen LogP contribution is 2.25. The maximum atomic E-state index is 12.7. The fourth-order valence-electron chi connectivity index (χ4n) is 3.43. The first-order chi connectivity index (χ1) is 15.3. The van der Waals surface area contributed by atoms with Crippen molar-refractivity contribution in [3.8, 4) is 17.2 Å². The molecule has 168 valence electrons. The average molecular weight is 446 g/mol. The minimum atomic E-state index is -4.44. The van der Waals surface area contributed by atoms with Crippen molar-refractivity contribution in [2.24, 2.45) is 0 Å². The van der Waals surface area contributed by atoms with Gasteiger partial charge in [-0.3, -0.25) is 4.79 Å². The van der Waals surface area contributed by atoms with E-state index in [2.05, 4.69) is 19.6 Å². The lowest BCUT2D eigenvalue weighted by molar-refractivity contribution is -0.154. The van der Waals surface area contributed by atoms with Crippen molar-refractivity contribution in [3.63, 3.8) is 0 Å². The molecule has 1 saturated heterocycles. The van der Waals surface area contributed by atoms with Crippen LogP contribution in [0.1, 0.15) is 16.2 Å². The summed E-state index contributed by atoms with van der Waals surface area (Å²) in [4.78, 5) is 24.5. The van der Waals surface area contributed by atoms with Crippen LogP contribution in [0.2, 0.25) is 0 Å². The van der Waals surface area contributed by atoms with Crippen molar-refractivity contribution in [1.82, 2.24) is 14.9 Å². The van der Waals surface area contributed by atoms with Crippen LogP contribution in [0, 0.1) is 6.92 Å². The van der Waals surface area contributed by atoms with Crippen LogP contribution in [0.15, 0.2) is 53.2 Å². The fraction of sp³-hybridized carbons (Fsp3) is 0.318. The first kappa shape index (κ1) is 21.7. The average Bonchev–Trinajstić information content (AvgIpc) is 3.24. The van der Waals surface area contributed by atoms with E-state index in [-0.39, 0.29) is 11.8 Å². The van der Waals surface area contributed by atoms with Gasteiger partial charge in [0.25, 0.3) is 5.91 Å². The minimum absolute atomic E-state index is 0.173. The van der Waals surface area contributed by atoms with Gasteiger partial charge in [0.2, 0.25) is 5.88 Å². The summed E-state index contributed by atoms with van der Waals surface area (Å²) in [6.45, 7) is 2.74. The minimum Gasteiger partial charge on any atom is -0.468 e. The van der Waals surface area contributed by atoms with E-state index < -0.39 is 12.8 Å². The lowest BCUT2D eigenvalue weighted by Gasteiger charge is -2.36. The number of pyridine rings is 1. The number of piperazine rings is 1. The molecule has 3 heterocycles. The SMILES string of the molecule is Cc1ncc(-c2ccc(N3CCN(C(=O)c4ccc(OCC(F)(F)F)nc4)CC3)cc2)o1. The van der Waals surface area contributed by atoms with Gasteiger partial charge in [0.05, 0.1) is 11.8 Å². The van der Waals surface area contributed by atoms with Crippen molar-refractivity contribution < 1.29 is 27.1 Å². The third-order valence-corrected chi connectivity index (χ3v) is 5.07. The van der Waals surface area contributed by atoms with Gasteiger partial charge in [0.15, 0.2) is 18.3 Å². The molecule has 0 saturated carbocycles. The number of carbonyl (C=O) groups excluding carboxylic acids is 1. The number of carbonyl (C=O) groups is 1. The van der Waals surface area contributed by atoms with Crippen molar-refractivity contribution in [2.45, 2.75) is 13.1 Å². The van der Waals surface area contributed by atoms with Gasteiger partial charge < -0.3 is 19.0 Å². The van der Waals surface area contributed by atoms with Crippen LogP contribution in [0.25, 0.3) is 11.3 Å². The zero-order valence-corrected chi connectivity index (χ0v) is 17.3. The summed E-state index contributed by atoms with van der Waals surface area (Å²) in [6.07, 6.45) is -1.51. The first-order valence-electron chi connectivity index (χ1n) is 10.0. The zero-order valence-electron chi connectivity index (χ0n) is 17.3. The molecule has 0 N–H and O–H groups in total. The molecule has 0 atom stereocenters. The van der Waals surface area contributed by atoms with Crippen LogP contribution in [0.4, 0.5) is 18.9 Å². The maximum absolute atomic E-state index is 12.7. The topological polar surface area (TPSA) is 71.7 Å². The normalized spacial score (nSPS) is 14.5. The van der Waals surface area contributed by atoms with Gasteiger partial charge in [-0.15, -0.1) is 0 Å². The summed E-state index contributed by atoms with van der Waals surface area (Å²) < 4.78 is 46.8. The van der Waals surface area contributed by atoms with Crippen LogP contribution in [-0.4, -0.2) is 59.7 Å². The molecule has 7 nitrogen and oxygen atoms in total. The Labute approximate surface area is 182 Å². The van der Waals surface area contributed by atoms with Crippen molar-refractivity contribution in [1.29, 1.82) is 0 Å². The third-order valence-electron chi connectivity index (χ3n) is 5.07. The highest BCUT2D eigenvalue weighted by molar-refractivity contribution is 5.94. The molecule has 3 aromatic rings. The molecule has 2 aromatic heterocycles. The van der Waals surface area contributed by atoms with Crippen molar-refractivity contribution in [2.75, 3.05) is 37.7 Å². The monoisotopic (exact) mass is 446 g/mol. The lowest BCUT2D eigenvalue weighted by atomic mass is 10.1. The molecule has 0 aliphatic carbocycles. The number of halogens is 3. The number of aromatic nitrogens is 2. The van der Waals surface area contributed by atoms with Crippen LogP contribution < -0.4 is 9.64 Å². The molecule has 0 radical (unpaired) electrons. The van der Waals surface area contributed by atoms with Crippen molar-refractivity contribution >= 4 is 11.6 Å². The summed E-state index contributed by atoms with van der Waals surface area (Å²) in [7, 11) is 0. The predicted molar refractivity (Wildman–Crippen MR) is 111 cm³/mol. The molecule has 0 unspecified atom stereocenters. The number of oxazole rings is 1. The Morgan fingerprint density at radius 1 is 1.03 bits per heavy atom. The molecule has 0 spiro atoms. The van der Waals surface area contributed by atoms with Crippen molar-refractivity contribution in [3.05, 3.63) is 60.2 Å². The van der Waals surface area contributed by atoms with Gasteiger partial charge in [-0.1, -0.05) is 0 Å². The van der Waals surface area contributed by atoms with E-state index in [0.29, 0.717) is 43.4 Å². The summed E-state index contributed by atoms with van der Waals surface area (Å²) in [5.41, 5.74) is 2.30. The number of anilines is 1. The summed E-state index contributed by atoms with van der Waals surface area (Å²) >= 11 is 0. The summed E-state index contributed by atoms with van der Waals surface area (Å²) in [6, 6.07) is 10.7. The molecule has 1 fully saturated rings. The van der Waals surface area contributed by atoms with Gasteiger partial charge >= 0.3 is 6.18 Å². The second kappa shape index (κ2) is 8.89. The Kier molecular flexibility index (Phi) is 6.02. The number of aryl methyl sites for hydroxylation is 1. The third kappa shape index (κ3) is 5.19.